The van der Waals surface area contributed by atoms with Crippen molar-refractivity contribution >= 4 is 39.3 Å². The number of aromatic carboxylic acids is 1. The van der Waals surface area contributed by atoms with E-state index in [0.29, 0.717) is 5.56 Å². The van der Waals surface area contributed by atoms with Gasteiger partial charge in [-0.05, 0) is 39.4 Å². The average Bonchev–Trinajstić information content (AvgIpc) is 2.18. The van der Waals surface area contributed by atoms with Crippen molar-refractivity contribution in [3.05, 3.63) is 45.5 Å². The molecule has 70 valence electrons. The van der Waals surface area contributed by atoms with E-state index >= 15 is 0 Å². The molecule has 0 atom stereocenters. The Morgan fingerprint density at radius 1 is 1.14 bits per heavy atom. The van der Waals surface area contributed by atoms with Gasteiger partial charge in [-0.15, -0.1) is 0 Å². The van der Waals surface area contributed by atoms with Crippen molar-refractivity contribution in [1.82, 2.24) is 0 Å². The van der Waals surface area contributed by atoms with Crippen LogP contribution in [0.4, 0.5) is 0 Å². The van der Waals surface area contributed by atoms with Crippen LogP contribution in [0.15, 0.2) is 36.4 Å². The van der Waals surface area contributed by atoms with Crippen LogP contribution in [-0.2, 0) is 0 Å². The molecule has 3 heteroatoms. The van der Waals surface area contributed by atoms with Crippen molar-refractivity contribution in [3.8, 4) is 0 Å². The van der Waals surface area contributed by atoms with Crippen LogP contribution in [0.1, 0.15) is 10.4 Å². The van der Waals surface area contributed by atoms with Gasteiger partial charge in [-0.2, -0.15) is 0 Å². The van der Waals surface area contributed by atoms with Crippen LogP contribution >= 0.6 is 22.6 Å². The first-order valence-electron chi connectivity index (χ1n) is 4.10. The molecule has 1 N–H and O–H groups in total. The zero-order valence-corrected chi connectivity index (χ0v) is 9.36. The van der Waals surface area contributed by atoms with Gasteiger partial charge in [-0.3, -0.25) is 0 Å². The maximum Gasteiger partial charge on any atom is 0.336 e. The fourth-order valence-corrected chi connectivity index (χ4v) is 2.30. The van der Waals surface area contributed by atoms with Crippen molar-refractivity contribution in [2.24, 2.45) is 0 Å². The third-order valence-corrected chi connectivity index (χ3v) is 3.26. The van der Waals surface area contributed by atoms with Crippen LogP contribution in [0.5, 0.6) is 0 Å². The fourth-order valence-electron chi connectivity index (χ4n) is 1.40. The molecule has 2 rings (SSSR count). The highest BCUT2D eigenvalue weighted by Crippen LogP contribution is 2.23. The molecule has 2 aromatic carbocycles. The molecule has 14 heavy (non-hydrogen) atoms. The molecule has 0 spiro atoms. The molecule has 0 radical (unpaired) electrons. The molecule has 2 nitrogen and oxygen atoms in total. The molecule has 0 saturated heterocycles. The molecule has 0 heterocycles. The summed E-state index contributed by atoms with van der Waals surface area (Å²) in [5, 5.41) is 11.0. The highest BCUT2D eigenvalue weighted by atomic mass is 127. The largest absolute Gasteiger partial charge is 0.478 e. The number of rotatable bonds is 1. The molecule has 0 aliphatic heterocycles. The highest BCUT2D eigenvalue weighted by Gasteiger charge is 2.09. The lowest BCUT2D eigenvalue weighted by atomic mass is 10.1. The van der Waals surface area contributed by atoms with E-state index in [0.717, 1.165) is 14.3 Å². The molecule has 0 aliphatic rings. The van der Waals surface area contributed by atoms with Gasteiger partial charge in [0.15, 0.2) is 0 Å². The quantitative estimate of drug-likeness (QED) is 0.821. The first-order chi connectivity index (χ1) is 6.70. The van der Waals surface area contributed by atoms with Crippen molar-refractivity contribution in [2.75, 3.05) is 0 Å². The van der Waals surface area contributed by atoms with E-state index in [2.05, 4.69) is 22.6 Å². The number of halogens is 1. The van der Waals surface area contributed by atoms with Gasteiger partial charge in [-0.1, -0.05) is 30.3 Å². The Morgan fingerprint density at radius 3 is 2.57 bits per heavy atom. The van der Waals surface area contributed by atoms with E-state index in [1.165, 1.54) is 0 Å². The smallest absolute Gasteiger partial charge is 0.336 e. The molecule has 0 aliphatic carbocycles. The number of carboxylic acid groups (broad SMARTS) is 1. The number of fused-ring (bicyclic) bond motifs is 1. The SMILES string of the molecule is O=C(O)c1ccc2ccccc2c1I. The minimum Gasteiger partial charge on any atom is -0.478 e. The zero-order chi connectivity index (χ0) is 10.1. The maximum atomic E-state index is 10.9. The second-order valence-electron chi connectivity index (χ2n) is 2.95. The van der Waals surface area contributed by atoms with Gasteiger partial charge >= 0.3 is 5.97 Å². The van der Waals surface area contributed by atoms with Crippen LogP contribution in [0.2, 0.25) is 0 Å². The standard InChI is InChI=1S/C11H7IO2/c12-10-8-4-2-1-3-7(8)5-6-9(10)11(13)14/h1-6H,(H,13,14). The predicted molar refractivity (Wildman–Crippen MR) is 63.6 cm³/mol. The van der Waals surface area contributed by atoms with Crippen LogP contribution in [0, 0.1) is 3.57 Å². The molecule has 0 aromatic heterocycles. The van der Waals surface area contributed by atoms with Crippen LogP contribution in [-0.4, -0.2) is 11.1 Å². The van der Waals surface area contributed by atoms with E-state index in [9.17, 15) is 4.79 Å². The van der Waals surface area contributed by atoms with Gasteiger partial charge in [0.05, 0.1) is 5.56 Å². The Bertz CT molecular complexity index is 506. The summed E-state index contributed by atoms with van der Waals surface area (Å²) in [5.74, 6) is -0.875. The molecule has 0 saturated carbocycles. The van der Waals surface area contributed by atoms with Gasteiger partial charge in [0.2, 0.25) is 0 Å². The number of hydrogen-bond donors (Lipinski definition) is 1. The van der Waals surface area contributed by atoms with E-state index in [1.807, 2.05) is 30.3 Å². The summed E-state index contributed by atoms with van der Waals surface area (Å²) in [7, 11) is 0. The normalized spacial score (nSPS) is 10.4. The Kier molecular flexibility index (Phi) is 2.41. The van der Waals surface area contributed by atoms with Crippen molar-refractivity contribution in [3.63, 3.8) is 0 Å². The van der Waals surface area contributed by atoms with Crippen LogP contribution < -0.4 is 0 Å². The highest BCUT2D eigenvalue weighted by molar-refractivity contribution is 14.1. The second-order valence-corrected chi connectivity index (χ2v) is 4.03. The molecular weight excluding hydrogens is 291 g/mol. The van der Waals surface area contributed by atoms with Gasteiger partial charge in [-0.25, -0.2) is 4.79 Å². The lowest BCUT2D eigenvalue weighted by Crippen LogP contribution is -1.99. The van der Waals surface area contributed by atoms with E-state index in [4.69, 9.17) is 5.11 Å². The minimum atomic E-state index is -0.875. The van der Waals surface area contributed by atoms with Gasteiger partial charge in [0.1, 0.15) is 0 Å². The van der Waals surface area contributed by atoms with Crippen molar-refractivity contribution in [2.45, 2.75) is 0 Å². The van der Waals surface area contributed by atoms with Crippen LogP contribution in [0.25, 0.3) is 10.8 Å². The summed E-state index contributed by atoms with van der Waals surface area (Å²) in [6, 6.07) is 11.2. The Balaban J connectivity index is 2.81. The monoisotopic (exact) mass is 298 g/mol. The Hall–Kier alpha value is -1.10. The minimum absolute atomic E-state index is 0.365. The van der Waals surface area contributed by atoms with Gasteiger partial charge in [0.25, 0.3) is 0 Å². The molecule has 0 bridgehead atoms. The van der Waals surface area contributed by atoms with Crippen molar-refractivity contribution in [1.29, 1.82) is 0 Å². The molecular formula is C11H7IO2. The summed E-state index contributed by atoms with van der Waals surface area (Å²) >= 11 is 2.07. The summed E-state index contributed by atoms with van der Waals surface area (Å²) in [6.45, 7) is 0. The van der Waals surface area contributed by atoms with Gasteiger partial charge < -0.3 is 5.11 Å². The topological polar surface area (TPSA) is 37.3 Å². The third kappa shape index (κ3) is 1.48. The Morgan fingerprint density at radius 2 is 1.86 bits per heavy atom. The number of benzene rings is 2. The summed E-state index contributed by atoms with van der Waals surface area (Å²) < 4.78 is 0.799. The summed E-state index contributed by atoms with van der Waals surface area (Å²) in [6.07, 6.45) is 0. The molecule has 2 aromatic rings. The predicted octanol–water partition coefficient (Wildman–Crippen LogP) is 3.14. The van der Waals surface area contributed by atoms with E-state index in [1.54, 1.807) is 6.07 Å². The zero-order valence-electron chi connectivity index (χ0n) is 7.20. The number of carboxylic acids is 1. The Labute approximate surface area is 94.7 Å². The number of carbonyl (C=O) groups is 1. The maximum absolute atomic E-state index is 10.9. The molecule has 0 fully saturated rings. The van der Waals surface area contributed by atoms with E-state index < -0.39 is 5.97 Å². The summed E-state index contributed by atoms with van der Waals surface area (Å²) in [4.78, 5) is 10.9. The lowest BCUT2D eigenvalue weighted by molar-refractivity contribution is 0.0696. The lowest BCUT2D eigenvalue weighted by Gasteiger charge is -2.03. The first kappa shape index (κ1) is 9.45. The van der Waals surface area contributed by atoms with Gasteiger partial charge in [0, 0.05) is 3.57 Å². The number of hydrogen-bond acceptors (Lipinski definition) is 1. The van der Waals surface area contributed by atoms with E-state index in [-0.39, 0.29) is 0 Å². The molecule has 0 amide bonds. The average molecular weight is 298 g/mol. The van der Waals surface area contributed by atoms with Crippen molar-refractivity contribution < 1.29 is 9.90 Å². The fraction of sp³-hybridized carbons (Fsp3) is 0. The summed E-state index contributed by atoms with van der Waals surface area (Å²) in [5.41, 5.74) is 0.365. The van der Waals surface area contributed by atoms with Crippen LogP contribution in [0.3, 0.4) is 0 Å². The second kappa shape index (κ2) is 3.57. The molecule has 0 unspecified atom stereocenters. The third-order valence-electron chi connectivity index (χ3n) is 2.09. The first-order valence-corrected chi connectivity index (χ1v) is 5.18.